The largest absolute Gasteiger partial charge is 0.504 e. The summed E-state index contributed by atoms with van der Waals surface area (Å²) in [5, 5.41) is 22.1. The van der Waals surface area contributed by atoms with Gasteiger partial charge in [0.15, 0.2) is 23.1 Å². The van der Waals surface area contributed by atoms with Gasteiger partial charge in [0.05, 0.1) is 29.4 Å². The first kappa shape index (κ1) is 26.1. The van der Waals surface area contributed by atoms with Crippen LogP contribution in [0.3, 0.4) is 0 Å². The van der Waals surface area contributed by atoms with Gasteiger partial charge in [-0.05, 0) is 24.3 Å². The lowest BCUT2D eigenvalue weighted by Gasteiger charge is -2.19. The molecule has 0 aromatic heterocycles. The van der Waals surface area contributed by atoms with E-state index in [1.807, 2.05) is 0 Å². The van der Waals surface area contributed by atoms with Crippen LogP contribution in [0.25, 0.3) is 0 Å². The van der Waals surface area contributed by atoms with Gasteiger partial charge in [-0.25, -0.2) is 9.59 Å². The van der Waals surface area contributed by atoms with Crippen molar-refractivity contribution < 1.29 is 38.9 Å². The number of hydrogen-bond acceptors (Lipinski definition) is 8. The second-order valence-corrected chi connectivity index (χ2v) is 8.37. The van der Waals surface area contributed by atoms with Crippen LogP contribution in [-0.2, 0) is 4.74 Å². The van der Waals surface area contributed by atoms with E-state index in [1.165, 1.54) is 48.5 Å². The highest BCUT2D eigenvalue weighted by Crippen LogP contribution is 2.46. The van der Waals surface area contributed by atoms with Gasteiger partial charge in [-0.1, -0.05) is 72.3 Å². The van der Waals surface area contributed by atoms with Crippen molar-refractivity contribution in [2.75, 3.05) is 7.11 Å². The first-order valence-electron chi connectivity index (χ1n) is 11.1. The van der Waals surface area contributed by atoms with E-state index >= 15 is 0 Å². The highest BCUT2D eigenvalue weighted by atomic mass is 35.5. The van der Waals surface area contributed by atoms with Crippen LogP contribution in [0.1, 0.15) is 52.6 Å². The van der Waals surface area contributed by atoms with Gasteiger partial charge >= 0.3 is 11.9 Å². The third-order valence-electron chi connectivity index (χ3n) is 5.57. The lowest BCUT2D eigenvalue weighted by Crippen LogP contribution is -2.21. The van der Waals surface area contributed by atoms with Crippen molar-refractivity contribution in [1.82, 2.24) is 0 Å². The van der Waals surface area contributed by atoms with Crippen molar-refractivity contribution in [1.29, 1.82) is 0 Å². The summed E-state index contributed by atoms with van der Waals surface area (Å²) in [5.41, 5.74) is -2.03. The smallest absolute Gasteiger partial charge is 0.343 e. The van der Waals surface area contributed by atoms with E-state index < -0.39 is 57.4 Å². The summed E-state index contributed by atoms with van der Waals surface area (Å²) >= 11 is 6.06. The molecule has 0 unspecified atom stereocenters. The third kappa shape index (κ3) is 4.98. The number of carbonyl (C=O) groups is 4. The van der Waals surface area contributed by atoms with Gasteiger partial charge in [-0.2, -0.15) is 0 Å². The Morgan fingerprint density at radius 3 is 1.76 bits per heavy atom. The quantitative estimate of drug-likeness (QED) is 0.144. The van der Waals surface area contributed by atoms with E-state index in [2.05, 4.69) is 0 Å². The van der Waals surface area contributed by atoms with Crippen LogP contribution in [0.5, 0.6) is 17.2 Å². The van der Waals surface area contributed by atoms with E-state index in [0.29, 0.717) is 0 Å². The molecule has 0 saturated carbocycles. The molecule has 0 aliphatic rings. The molecule has 0 aliphatic heterocycles. The predicted octanol–water partition coefficient (Wildman–Crippen LogP) is 5.22. The van der Waals surface area contributed by atoms with Gasteiger partial charge in [-0.3, -0.25) is 9.59 Å². The summed E-state index contributed by atoms with van der Waals surface area (Å²) in [5.74, 6) is -7.00. The monoisotopic (exact) mass is 530 g/mol. The molecule has 0 amide bonds. The van der Waals surface area contributed by atoms with Crippen LogP contribution < -0.4 is 4.74 Å². The number of aromatic hydroxyl groups is 2. The van der Waals surface area contributed by atoms with Gasteiger partial charge in [0.25, 0.3) is 0 Å². The highest BCUT2D eigenvalue weighted by molar-refractivity contribution is 6.31. The Morgan fingerprint density at radius 2 is 1.18 bits per heavy atom. The fourth-order valence-corrected chi connectivity index (χ4v) is 3.97. The Labute approximate surface area is 221 Å². The first-order valence-corrected chi connectivity index (χ1v) is 11.5. The summed E-state index contributed by atoms with van der Waals surface area (Å²) in [6.07, 6.45) is 0. The van der Waals surface area contributed by atoms with Gasteiger partial charge in [-0.15, -0.1) is 0 Å². The minimum absolute atomic E-state index is 0.0440. The zero-order valence-corrected chi connectivity index (χ0v) is 20.6. The molecule has 190 valence electrons. The molecule has 38 heavy (non-hydrogen) atoms. The van der Waals surface area contributed by atoms with Crippen molar-refractivity contribution in [3.63, 3.8) is 0 Å². The van der Waals surface area contributed by atoms with E-state index in [1.54, 1.807) is 36.4 Å². The number of benzene rings is 4. The van der Waals surface area contributed by atoms with E-state index in [-0.39, 0.29) is 21.7 Å². The number of hydrogen-bond donors (Lipinski definition) is 2. The predicted molar refractivity (Wildman–Crippen MR) is 137 cm³/mol. The number of phenols is 2. The average molecular weight is 531 g/mol. The normalized spacial score (nSPS) is 10.5. The Balaban J connectivity index is 2.05. The third-order valence-corrected chi connectivity index (χ3v) is 5.81. The Morgan fingerprint density at radius 1 is 0.632 bits per heavy atom. The minimum Gasteiger partial charge on any atom is -0.504 e. The minimum atomic E-state index is -1.19. The molecular formula is C29H19ClO8. The molecule has 9 heteroatoms. The van der Waals surface area contributed by atoms with Gasteiger partial charge in [0, 0.05) is 16.1 Å². The summed E-state index contributed by atoms with van der Waals surface area (Å²) in [7, 11) is 1.01. The molecule has 0 atom stereocenters. The van der Waals surface area contributed by atoms with E-state index in [9.17, 15) is 29.4 Å². The maximum atomic E-state index is 13.8. The molecule has 0 fully saturated rings. The zero-order valence-electron chi connectivity index (χ0n) is 19.8. The van der Waals surface area contributed by atoms with Crippen molar-refractivity contribution in [2.45, 2.75) is 0 Å². The lowest BCUT2D eigenvalue weighted by molar-refractivity contribution is 0.0589. The number of ether oxygens (including phenoxy) is 2. The van der Waals surface area contributed by atoms with Crippen molar-refractivity contribution in [2.24, 2.45) is 0 Å². The van der Waals surface area contributed by atoms with Crippen LogP contribution >= 0.6 is 11.6 Å². The maximum Gasteiger partial charge on any atom is 0.343 e. The van der Waals surface area contributed by atoms with Crippen LogP contribution in [0.4, 0.5) is 0 Å². The van der Waals surface area contributed by atoms with Crippen LogP contribution in [0.15, 0.2) is 84.9 Å². The summed E-state index contributed by atoms with van der Waals surface area (Å²) in [4.78, 5) is 53.2. The number of carbonyl (C=O) groups excluding carboxylic acids is 4. The van der Waals surface area contributed by atoms with Crippen LogP contribution in [-0.4, -0.2) is 40.8 Å². The van der Waals surface area contributed by atoms with Gasteiger partial charge < -0.3 is 19.7 Å². The zero-order chi connectivity index (χ0) is 27.4. The highest BCUT2D eigenvalue weighted by Gasteiger charge is 2.37. The Bertz CT molecular complexity index is 1560. The summed E-state index contributed by atoms with van der Waals surface area (Å²) in [6, 6.07) is 20.9. The molecule has 0 aliphatic carbocycles. The molecule has 8 nitrogen and oxygen atoms in total. The molecule has 0 saturated heterocycles. The van der Waals surface area contributed by atoms with Crippen LogP contribution in [0, 0.1) is 0 Å². The number of ketones is 2. The SMILES string of the molecule is COC(=O)c1c(C(=O)c2ccccc2)c(O)c(O)c(OC(=O)c2ccccc2)c1C(=O)c1cccc(Cl)c1. The van der Waals surface area contributed by atoms with E-state index in [4.69, 9.17) is 21.1 Å². The number of rotatable bonds is 7. The van der Waals surface area contributed by atoms with Crippen molar-refractivity contribution in [3.8, 4) is 17.2 Å². The van der Waals surface area contributed by atoms with Gasteiger partial charge in [0.1, 0.15) is 0 Å². The Kier molecular flexibility index (Phi) is 7.55. The number of esters is 2. The fourth-order valence-electron chi connectivity index (χ4n) is 3.78. The summed E-state index contributed by atoms with van der Waals surface area (Å²) in [6.45, 7) is 0. The lowest BCUT2D eigenvalue weighted by atomic mass is 9.88. The molecule has 2 N–H and O–H groups in total. The second-order valence-electron chi connectivity index (χ2n) is 7.93. The molecule has 0 bridgehead atoms. The maximum absolute atomic E-state index is 13.8. The molecule has 4 rings (SSSR count). The van der Waals surface area contributed by atoms with E-state index in [0.717, 1.165) is 7.11 Å². The standard InChI is InChI=1S/C29H19ClO8/c1-37-29(36)20-21(23(31)16-9-4-2-5-10-16)25(33)26(34)27(38-28(35)17-11-6-3-7-12-17)22(20)24(32)18-13-8-14-19(30)15-18/h2-15,33-34H,1H3. The Hall–Kier alpha value is -4.95. The molecule has 0 spiro atoms. The second kappa shape index (κ2) is 11.0. The summed E-state index contributed by atoms with van der Waals surface area (Å²) < 4.78 is 10.2. The molecule has 0 radical (unpaired) electrons. The van der Waals surface area contributed by atoms with Crippen LogP contribution in [0.2, 0.25) is 5.02 Å². The molecule has 4 aromatic rings. The van der Waals surface area contributed by atoms with Crippen molar-refractivity contribution >= 4 is 35.1 Å². The van der Waals surface area contributed by atoms with Gasteiger partial charge in [0.2, 0.25) is 5.75 Å². The van der Waals surface area contributed by atoms with Crippen molar-refractivity contribution in [3.05, 3.63) is 123 Å². The molecule has 4 aromatic carbocycles. The number of phenolic OH excluding ortho intramolecular Hbond substituents is 2. The molecular weight excluding hydrogens is 512 g/mol. The number of methoxy groups -OCH3 is 1. The number of halogens is 1. The average Bonchev–Trinajstić information content (AvgIpc) is 2.95. The fraction of sp³-hybridized carbons (Fsp3) is 0.0345. The topological polar surface area (TPSA) is 127 Å². The first-order chi connectivity index (χ1) is 18.2. The molecule has 0 heterocycles.